The number of rotatable bonds is 3. The van der Waals surface area contributed by atoms with Crippen molar-refractivity contribution in [2.24, 2.45) is 0 Å². The van der Waals surface area contributed by atoms with E-state index in [2.05, 4.69) is 16.3 Å². The largest absolute Gasteiger partial charge is 0.411 e. The average molecular weight is 266 g/mol. The van der Waals surface area contributed by atoms with E-state index in [0.717, 1.165) is 5.56 Å². The Labute approximate surface area is 108 Å². The molecule has 0 aliphatic heterocycles. The van der Waals surface area contributed by atoms with Gasteiger partial charge in [-0.05, 0) is 43.0 Å². The number of hydrogen-bond acceptors (Lipinski definition) is 5. The molecule has 1 aromatic heterocycles. The van der Waals surface area contributed by atoms with Gasteiger partial charge in [-0.25, -0.2) is 0 Å². The van der Waals surface area contributed by atoms with E-state index in [1.165, 1.54) is 11.8 Å². The van der Waals surface area contributed by atoms with Gasteiger partial charge < -0.3 is 4.42 Å². The van der Waals surface area contributed by atoms with Crippen molar-refractivity contribution in [1.29, 1.82) is 5.26 Å². The molecule has 0 saturated carbocycles. The minimum atomic E-state index is -0.214. The molecular formula is C11H8ClN3OS. The molecule has 1 aromatic carbocycles. The van der Waals surface area contributed by atoms with Gasteiger partial charge in [-0.15, -0.1) is 10.2 Å². The van der Waals surface area contributed by atoms with Crippen LogP contribution in [-0.2, 0) is 0 Å². The van der Waals surface area contributed by atoms with Crippen molar-refractivity contribution < 1.29 is 4.42 Å². The van der Waals surface area contributed by atoms with Crippen LogP contribution in [-0.4, -0.2) is 15.4 Å². The molecule has 2 rings (SSSR count). The van der Waals surface area contributed by atoms with Gasteiger partial charge in [0.2, 0.25) is 5.89 Å². The summed E-state index contributed by atoms with van der Waals surface area (Å²) < 4.78 is 5.43. The fourth-order valence-corrected chi connectivity index (χ4v) is 1.84. The van der Waals surface area contributed by atoms with Crippen LogP contribution in [0.25, 0.3) is 11.5 Å². The van der Waals surface area contributed by atoms with E-state index in [4.69, 9.17) is 21.3 Å². The quantitative estimate of drug-likeness (QED) is 0.796. The van der Waals surface area contributed by atoms with Crippen molar-refractivity contribution >= 4 is 23.4 Å². The van der Waals surface area contributed by atoms with Gasteiger partial charge in [-0.3, -0.25) is 0 Å². The van der Waals surface area contributed by atoms with Crippen molar-refractivity contribution in [2.45, 2.75) is 17.4 Å². The summed E-state index contributed by atoms with van der Waals surface area (Å²) in [5, 5.41) is 17.3. The first-order valence-corrected chi connectivity index (χ1v) is 6.10. The molecule has 0 aliphatic carbocycles. The Morgan fingerprint density at radius 1 is 1.35 bits per heavy atom. The smallest absolute Gasteiger partial charge is 0.278 e. The number of benzene rings is 1. The van der Waals surface area contributed by atoms with Crippen LogP contribution in [0.4, 0.5) is 0 Å². The zero-order valence-corrected chi connectivity index (χ0v) is 10.5. The van der Waals surface area contributed by atoms with Gasteiger partial charge in [-0.1, -0.05) is 11.6 Å². The third kappa shape index (κ3) is 2.99. The molecule has 86 valence electrons. The number of halogens is 1. The Kier molecular flexibility index (Phi) is 3.67. The van der Waals surface area contributed by atoms with Crippen LogP contribution in [0.15, 0.2) is 33.9 Å². The van der Waals surface area contributed by atoms with Crippen LogP contribution in [0, 0.1) is 11.3 Å². The lowest BCUT2D eigenvalue weighted by molar-refractivity contribution is 0.465. The van der Waals surface area contributed by atoms with Crippen molar-refractivity contribution in [3.63, 3.8) is 0 Å². The van der Waals surface area contributed by atoms with Crippen molar-refractivity contribution in [1.82, 2.24) is 10.2 Å². The summed E-state index contributed by atoms with van der Waals surface area (Å²) >= 11 is 7.02. The topological polar surface area (TPSA) is 62.7 Å². The van der Waals surface area contributed by atoms with E-state index in [1.807, 2.05) is 0 Å². The van der Waals surface area contributed by atoms with Gasteiger partial charge in [0.1, 0.15) is 0 Å². The predicted octanol–water partition coefficient (Wildman–Crippen LogP) is 3.39. The maximum Gasteiger partial charge on any atom is 0.278 e. The Bertz CT molecular complexity index is 547. The normalized spacial score (nSPS) is 12.1. The first kappa shape index (κ1) is 12.0. The fraction of sp³-hybridized carbons (Fsp3) is 0.182. The van der Waals surface area contributed by atoms with Crippen LogP contribution in [0.3, 0.4) is 0 Å². The summed E-state index contributed by atoms with van der Waals surface area (Å²) in [5.41, 5.74) is 0.804. The molecule has 6 heteroatoms. The number of aromatic nitrogens is 2. The number of nitrogens with zero attached hydrogens (tertiary/aromatic N) is 3. The second-order valence-corrected chi connectivity index (χ2v) is 5.00. The lowest BCUT2D eigenvalue weighted by Crippen LogP contribution is -1.88. The molecular weight excluding hydrogens is 258 g/mol. The zero-order chi connectivity index (χ0) is 12.3. The van der Waals surface area contributed by atoms with Crippen molar-refractivity contribution in [2.75, 3.05) is 0 Å². The van der Waals surface area contributed by atoms with Crippen LogP contribution in [0.1, 0.15) is 6.92 Å². The second kappa shape index (κ2) is 5.21. The molecule has 0 aliphatic rings. The Morgan fingerprint density at radius 2 is 2.06 bits per heavy atom. The molecule has 0 bridgehead atoms. The van der Waals surface area contributed by atoms with E-state index >= 15 is 0 Å². The van der Waals surface area contributed by atoms with E-state index in [-0.39, 0.29) is 5.25 Å². The molecule has 17 heavy (non-hydrogen) atoms. The molecule has 0 amide bonds. The fourth-order valence-electron chi connectivity index (χ4n) is 1.14. The van der Waals surface area contributed by atoms with E-state index in [1.54, 1.807) is 31.2 Å². The minimum Gasteiger partial charge on any atom is -0.411 e. The summed E-state index contributed by atoms with van der Waals surface area (Å²) in [4.78, 5) is 0. The highest BCUT2D eigenvalue weighted by molar-refractivity contribution is 7.99. The van der Waals surface area contributed by atoms with Gasteiger partial charge in [0.25, 0.3) is 5.22 Å². The van der Waals surface area contributed by atoms with Crippen LogP contribution in [0.5, 0.6) is 0 Å². The van der Waals surface area contributed by atoms with Gasteiger partial charge in [0.15, 0.2) is 0 Å². The molecule has 0 saturated heterocycles. The van der Waals surface area contributed by atoms with Gasteiger partial charge in [-0.2, -0.15) is 5.26 Å². The standard InChI is InChI=1S/C11H8ClN3OS/c1-7(6-13)17-11-15-14-10(16-11)8-2-4-9(12)5-3-8/h2-5,7H,1H3/t7-/m0/s1. The Balaban J connectivity index is 2.18. The Hall–Kier alpha value is -1.51. The summed E-state index contributed by atoms with van der Waals surface area (Å²) in [6.07, 6.45) is 0. The number of hydrogen-bond donors (Lipinski definition) is 0. The molecule has 0 unspecified atom stereocenters. The first-order valence-electron chi connectivity index (χ1n) is 4.85. The Morgan fingerprint density at radius 3 is 2.71 bits per heavy atom. The molecule has 0 fully saturated rings. The van der Waals surface area contributed by atoms with E-state index in [0.29, 0.717) is 16.1 Å². The summed E-state index contributed by atoms with van der Waals surface area (Å²) in [7, 11) is 0. The van der Waals surface area contributed by atoms with E-state index < -0.39 is 0 Å². The third-order valence-corrected chi connectivity index (χ3v) is 3.03. The van der Waals surface area contributed by atoms with E-state index in [9.17, 15) is 0 Å². The second-order valence-electron chi connectivity index (χ2n) is 3.27. The predicted molar refractivity (Wildman–Crippen MR) is 65.7 cm³/mol. The lowest BCUT2D eigenvalue weighted by atomic mass is 10.2. The van der Waals surface area contributed by atoms with Crippen molar-refractivity contribution in [3.8, 4) is 17.5 Å². The molecule has 4 nitrogen and oxygen atoms in total. The van der Waals surface area contributed by atoms with Crippen LogP contribution in [0.2, 0.25) is 5.02 Å². The van der Waals surface area contributed by atoms with Crippen LogP contribution >= 0.6 is 23.4 Å². The van der Waals surface area contributed by atoms with Crippen molar-refractivity contribution in [3.05, 3.63) is 29.3 Å². The molecule has 0 N–H and O–H groups in total. The maximum atomic E-state index is 8.68. The SMILES string of the molecule is C[C@@H](C#N)Sc1nnc(-c2ccc(Cl)cc2)o1. The number of thioether (sulfide) groups is 1. The van der Waals surface area contributed by atoms with Gasteiger partial charge >= 0.3 is 0 Å². The highest BCUT2D eigenvalue weighted by Gasteiger charge is 2.11. The molecule has 2 aromatic rings. The minimum absolute atomic E-state index is 0.214. The zero-order valence-electron chi connectivity index (χ0n) is 8.92. The maximum absolute atomic E-state index is 8.68. The molecule has 1 atom stereocenters. The lowest BCUT2D eigenvalue weighted by Gasteiger charge is -1.95. The molecule has 1 heterocycles. The number of nitriles is 1. The highest BCUT2D eigenvalue weighted by Crippen LogP contribution is 2.26. The molecule has 0 radical (unpaired) electrons. The molecule has 0 spiro atoms. The first-order chi connectivity index (χ1) is 8.19. The van der Waals surface area contributed by atoms with Crippen LogP contribution < -0.4 is 0 Å². The summed E-state index contributed by atoms with van der Waals surface area (Å²) in [5.74, 6) is 0.425. The highest BCUT2D eigenvalue weighted by atomic mass is 35.5. The summed E-state index contributed by atoms with van der Waals surface area (Å²) in [6, 6.07) is 9.21. The monoisotopic (exact) mass is 265 g/mol. The third-order valence-electron chi connectivity index (χ3n) is 1.96. The van der Waals surface area contributed by atoms with Gasteiger partial charge in [0.05, 0.1) is 11.3 Å². The summed E-state index contributed by atoms with van der Waals surface area (Å²) in [6.45, 7) is 1.77. The average Bonchev–Trinajstić information content (AvgIpc) is 2.78. The van der Waals surface area contributed by atoms with Gasteiger partial charge in [0, 0.05) is 10.6 Å².